The lowest BCUT2D eigenvalue weighted by Crippen LogP contribution is -2.29. The van der Waals surface area contributed by atoms with Crippen molar-refractivity contribution in [3.8, 4) is 0 Å². The monoisotopic (exact) mass is 223 g/mol. The van der Waals surface area contributed by atoms with Gasteiger partial charge in [0.25, 0.3) is 0 Å². The van der Waals surface area contributed by atoms with E-state index in [2.05, 4.69) is 25.1 Å². The molecule has 1 aliphatic heterocycles. The van der Waals surface area contributed by atoms with Crippen LogP contribution in [-0.2, 0) is 0 Å². The van der Waals surface area contributed by atoms with Crippen molar-refractivity contribution in [1.82, 2.24) is 0 Å². The first kappa shape index (κ1) is 11.0. The maximum atomic E-state index is 9.86. The summed E-state index contributed by atoms with van der Waals surface area (Å²) in [5.41, 5.74) is 8.09. The molecule has 2 rings (SSSR count). The second-order valence-electron chi connectivity index (χ2n) is 4.09. The number of benzene rings is 1. The second kappa shape index (κ2) is 4.56. The van der Waals surface area contributed by atoms with Crippen molar-refractivity contribution >= 4 is 11.8 Å². The van der Waals surface area contributed by atoms with Crippen LogP contribution in [0.15, 0.2) is 23.1 Å². The molecule has 2 unspecified atom stereocenters. The molecule has 0 bridgehead atoms. The summed E-state index contributed by atoms with van der Waals surface area (Å²) in [5.74, 6) is 1.31. The second-order valence-corrected chi connectivity index (χ2v) is 5.22. The third-order valence-corrected chi connectivity index (χ3v) is 4.07. The Labute approximate surface area is 94.9 Å². The average molecular weight is 223 g/mol. The number of hydrogen-bond donors (Lipinski definition) is 2. The molecule has 3 N–H and O–H groups in total. The Bertz CT molecular complexity index is 353. The van der Waals surface area contributed by atoms with E-state index in [1.807, 2.05) is 11.8 Å². The van der Waals surface area contributed by atoms with Crippen LogP contribution in [0.2, 0.25) is 0 Å². The summed E-state index contributed by atoms with van der Waals surface area (Å²) in [5, 5.41) is 9.86. The maximum absolute atomic E-state index is 9.86. The van der Waals surface area contributed by atoms with Gasteiger partial charge in [0.05, 0.1) is 6.10 Å². The fourth-order valence-corrected chi connectivity index (χ4v) is 3.34. The molecule has 0 saturated heterocycles. The summed E-state index contributed by atoms with van der Waals surface area (Å²) in [6, 6.07) is 6.46. The lowest BCUT2D eigenvalue weighted by atomic mass is 9.90. The molecule has 0 fully saturated rings. The van der Waals surface area contributed by atoms with Gasteiger partial charge in [-0.15, -0.1) is 11.8 Å². The number of aryl methyl sites for hydroxylation is 1. The fourth-order valence-electron chi connectivity index (χ4n) is 2.09. The molecule has 0 radical (unpaired) electrons. The van der Waals surface area contributed by atoms with Gasteiger partial charge < -0.3 is 10.8 Å². The minimum Gasteiger partial charge on any atom is -0.391 e. The molecule has 2 nitrogen and oxygen atoms in total. The van der Waals surface area contributed by atoms with Gasteiger partial charge in [-0.25, -0.2) is 0 Å². The molecule has 0 amide bonds. The number of thioether (sulfide) groups is 1. The van der Waals surface area contributed by atoms with E-state index in [4.69, 9.17) is 5.73 Å². The summed E-state index contributed by atoms with van der Waals surface area (Å²) < 4.78 is 0. The van der Waals surface area contributed by atoms with Gasteiger partial charge >= 0.3 is 0 Å². The molecule has 15 heavy (non-hydrogen) atoms. The summed E-state index contributed by atoms with van der Waals surface area (Å²) >= 11 is 1.88. The van der Waals surface area contributed by atoms with E-state index in [9.17, 15) is 5.11 Å². The van der Waals surface area contributed by atoms with Crippen molar-refractivity contribution in [1.29, 1.82) is 0 Å². The van der Waals surface area contributed by atoms with Crippen LogP contribution in [0.3, 0.4) is 0 Å². The summed E-state index contributed by atoms with van der Waals surface area (Å²) in [6.07, 6.45) is 0.631. The van der Waals surface area contributed by atoms with Crippen molar-refractivity contribution in [2.24, 2.45) is 5.73 Å². The highest BCUT2D eigenvalue weighted by atomic mass is 32.2. The van der Waals surface area contributed by atoms with Crippen LogP contribution in [-0.4, -0.2) is 23.5 Å². The number of nitrogens with two attached hydrogens (primary N) is 1. The lowest BCUT2D eigenvalue weighted by molar-refractivity contribution is 0.147. The van der Waals surface area contributed by atoms with Crippen LogP contribution >= 0.6 is 11.8 Å². The van der Waals surface area contributed by atoms with Crippen molar-refractivity contribution in [2.75, 3.05) is 12.3 Å². The third-order valence-electron chi connectivity index (χ3n) is 2.96. The number of aliphatic hydroxyl groups is 1. The molecule has 3 heteroatoms. The Hall–Kier alpha value is -0.510. The molecular formula is C12H17NOS. The van der Waals surface area contributed by atoms with Crippen LogP contribution in [0.4, 0.5) is 0 Å². The van der Waals surface area contributed by atoms with Gasteiger partial charge in [0.15, 0.2) is 0 Å². The highest BCUT2D eigenvalue weighted by molar-refractivity contribution is 7.99. The van der Waals surface area contributed by atoms with Gasteiger partial charge in [0.2, 0.25) is 0 Å². The van der Waals surface area contributed by atoms with Crippen LogP contribution in [0.25, 0.3) is 0 Å². The third kappa shape index (κ3) is 2.19. The van der Waals surface area contributed by atoms with E-state index in [-0.39, 0.29) is 5.92 Å². The van der Waals surface area contributed by atoms with Crippen molar-refractivity contribution in [3.05, 3.63) is 29.3 Å². The number of fused-ring (bicyclic) bond motifs is 1. The molecule has 1 aliphatic rings. The molecular weight excluding hydrogens is 206 g/mol. The van der Waals surface area contributed by atoms with Crippen molar-refractivity contribution in [2.45, 2.75) is 30.3 Å². The highest BCUT2D eigenvalue weighted by Gasteiger charge is 2.25. The molecule has 0 spiro atoms. The maximum Gasteiger partial charge on any atom is 0.0731 e. The first-order valence-corrected chi connectivity index (χ1v) is 6.32. The van der Waals surface area contributed by atoms with E-state index in [0.717, 1.165) is 12.2 Å². The zero-order valence-electron chi connectivity index (χ0n) is 8.94. The van der Waals surface area contributed by atoms with Gasteiger partial charge in [-0.2, -0.15) is 0 Å². The van der Waals surface area contributed by atoms with Gasteiger partial charge in [0.1, 0.15) is 0 Å². The van der Waals surface area contributed by atoms with E-state index in [1.54, 1.807) is 0 Å². The molecule has 0 aliphatic carbocycles. The van der Waals surface area contributed by atoms with Gasteiger partial charge in [0, 0.05) is 17.4 Å². The first-order chi connectivity index (χ1) is 7.22. The molecule has 1 aromatic carbocycles. The molecule has 1 aromatic rings. The van der Waals surface area contributed by atoms with Gasteiger partial charge in [-0.1, -0.05) is 17.7 Å². The largest absolute Gasteiger partial charge is 0.391 e. The molecule has 82 valence electrons. The minimum atomic E-state index is -0.396. The van der Waals surface area contributed by atoms with Crippen LogP contribution < -0.4 is 5.73 Å². The molecule has 1 heterocycles. The average Bonchev–Trinajstić information content (AvgIpc) is 2.26. The smallest absolute Gasteiger partial charge is 0.0731 e. The Balaban J connectivity index is 2.34. The SMILES string of the molecule is Cc1ccc2c(c1)SCCC2C(O)CN. The van der Waals surface area contributed by atoms with E-state index < -0.39 is 6.10 Å². The Morgan fingerprint density at radius 2 is 2.40 bits per heavy atom. The summed E-state index contributed by atoms with van der Waals surface area (Å²) in [7, 11) is 0. The van der Waals surface area contributed by atoms with Crippen LogP contribution in [0.1, 0.15) is 23.5 Å². The Morgan fingerprint density at radius 3 is 3.13 bits per heavy atom. The zero-order chi connectivity index (χ0) is 10.8. The topological polar surface area (TPSA) is 46.2 Å². The fraction of sp³-hybridized carbons (Fsp3) is 0.500. The Kier molecular flexibility index (Phi) is 3.34. The summed E-state index contributed by atoms with van der Waals surface area (Å²) in [6.45, 7) is 2.45. The zero-order valence-corrected chi connectivity index (χ0v) is 9.76. The van der Waals surface area contributed by atoms with E-state index in [0.29, 0.717) is 6.54 Å². The molecule has 0 aromatic heterocycles. The minimum absolute atomic E-state index is 0.229. The number of hydrogen-bond acceptors (Lipinski definition) is 3. The molecule has 2 atom stereocenters. The molecule has 0 saturated carbocycles. The highest BCUT2D eigenvalue weighted by Crippen LogP contribution is 2.39. The predicted octanol–water partition coefficient (Wildman–Crippen LogP) is 1.89. The standard InChI is InChI=1S/C12H17NOS/c1-8-2-3-10-9(11(14)7-13)4-5-15-12(10)6-8/h2-3,6,9,11,14H,4-5,7,13H2,1H3. The Morgan fingerprint density at radius 1 is 1.60 bits per heavy atom. The van der Waals surface area contributed by atoms with E-state index in [1.165, 1.54) is 16.0 Å². The predicted molar refractivity (Wildman–Crippen MR) is 64.3 cm³/mol. The lowest BCUT2D eigenvalue weighted by Gasteiger charge is -2.28. The van der Waals surface area contributed by atoms with Crippen molar-refractivity contribution < 1.29 is 5.11 Å². The van der Waals surface area contributed by atoms with Crippen LogP contribution in [0, 0.1) is 6.92 Å². The quantitative estimate of drug-likeness (QED) is 0.805. The van der Waals surface area contributed by atoms with Crippen molar-refractivity contribution in [3.63, 3.8) is 0 Å². The summed E-state index contributed by atoms with van der Waals surface area (Å²) in [4.78, 5) is 1.32. The van der Waals surface area contributed by atoms with Gasteiger partial charge in [-0.3, -0.25) is 0 Å². The number of rotatable bonds is 2. The normalized spacial score (nSPS) is 22.2. The number of aliphatic hydroxyl groups excluding tert-OH is 1. The van der Waals surface area contributed by atoms with Gasteiger partial charge in [-0.05, 0) is 30.7 Å². The first-order valence-electron chi connectivity index (χ1n) is 5.34. The van der Waals surface area contributed by atoms with E-state index >= 15 is 0 Å². The van der Waals surface area contributed by atoms with Crippen LogP contribution in [0.5, 0.6) is 0 Å².